The maximum absolute atomic E-state index is 13.3. The van der Waals surface area contributed by atoms with E-state index < -0.39 is 0 Å². The minimum absolute atomic E-state index is 0.341. The lowest BCUT2D eigenvalue weighted by molar-refractivity contribution is 0.505. The highest BCUT2D eigenvalue weighted by Crippen LogP contribution is 2.30. The maximum atomic E-state index is 13.3. The molecule has 4 heteroatoms. The molecule has 30 heavy (non-hydrogen) atoms. The van der Waals surface area contributed by atoms with Crippen molar-refractivity contribution in [2.45, 2.75) is 18.8 Å². The second-order valence-corrected chi connectivity index (χ2v) is 7.74. The standard InChI is InChI=1S/C26H22FN3/c27-23-16-22-17-24(29-26(22)28-18-23)11-8-19-6-9-20(10-7-19)21-12-14-30(15-13-21)25-4-2-1-3-5-25/h1-7,9-10,16-18,21H,12-15H2,(H,28,29). The number of fused-ring (bicyclic) bond motifs is 1. The predicted molar refractivity (Wildman–Crippen MR) is 119 cm³/mol. The Morgan fingerprint density at radius 1 is 0.933 bits per heavy atom. The van der Waals surface area contributed by atoms with Gasteiger partial charge in [0.05, 0.1) is 11.9 Å². The van der Waals surface area contributed by atoms with Gasteiger partial charge >= 0.3 is 0 Å². The van der Waals surface area contributed by atoms with E-state index in [1.807, 2.05) is 6.07 Å². The lowest BCUT2D eigenvalue weighted by Crippen LogP contribution is -2.32. The number of para-hydroxylation sites is 1. The molecule has 0 atom stereocenters. The molecule has 0 unspecified atom stereocenters. The molecule has 3 nitrogen and oxygen atoms in total. The molecule has 0 spiro atoms. The van der Waals surface area contributed by atoms with Crippen molar-refractivity contribution in [3.05, 3.63) is 95.6 Å². The van der Waals surface area contributed by atoms with Crippen LogP contribution in [-0.4, -0.2) is 23.1 Å². The van der Waals surface area contributed by atoms with E-state index in [1.165, 1.54) is 36.4 Å². The number of rotatable bonds is 2. The number of aromatic nitrogens is 2. The second kappa shape index (κ2) is 8.04. The number of piperidine rings is 1. The number of hydrogen-bond acceptors (Lipinski definition) is 2. The highest BCUT2D eigenvalue weighted by Gasteiger charge is 2.20. The summed E-state index contributed by atoms with van der Waals surface area (Å²) < 4.78 is 13.3. The van der Waals surface area contributed by atoms with Gasteiger partial charge in [0.25, 0.3) is 0 Å². The fourth-order valence-corrected chi connectivity index (χ4v) is 4.14. The fraction of sp³-hybridized carbons (Fsp3) is 0.192. The number of nitrogens with one attached hydrogen (secondary N) is 1. The van der Waals surface area contributed by atoms with Crippen molar-refractivity contribution in [1.29, 1.82) is 0 Å². The van der Waals surface area contributed by atoms with E-state index >= 15 is 0 Å². The van der Waals surface area contributed by atoms with Gasteiger partial charge in [0, 0.05) is 29.7 Å². The van der Waals surface area contributed by atoms with E-state index in [9.17, 15) is 4.39 Å². The highest BCUT2D eigenvalue weighted by molar-refractivity contribution is 5.77. The molecule has 0 radical (unpaired) electrons. The van der Waals surface area contributed by atoms with Gasteiger partial charge in [-0.1, -0.05) is 36.3 Å². The quantitative estimate of drug-likeness (QED) is 0.456. The summed E-state index contributed by atoms with van der Waals surface area (Å²) in [4.78, 5) is 9.63. The SMILES string of the molecule is Fc1cnc2[nH]c(C#Cc3ccc(C4CCN(c5ccccc5)CC4)cc3)cc2c1. The molecule has 2 aromatic carbocycles. The molecule has 1 aliphatic rings. The molecule has 0 saturated carbocycles. The number of benzene rings is 2. The molecular formula is C26H22FN3. The van der Waals surface area contributed by atoms with Crippen molar-refractivity contribution in [2.75, 3.05) is 18.0 Å². The summed E-state index contributed by atoms with van der Waals surface area (Å²) in [7, 11) is 0. The minimum atomic E-state index is -0.341. The molecular weight excluding hydrogens is 373 g/mol. The van der Waals surface area contributed by atoms with Gasteiger partial charge in [0.1, 0.15) is 11.5 Å². The third-order valence-corrected chi connectivity index (χ3v) is 5.78. The molecule has 148 valence electrons. The van der Waals surface area contributed by atoms with Crippen LogP contribution in [0.2, 0.25) is 0 Å². The predicted octanol–water partition coefficient (Wildman–Crippen LogP) is 5.49. The molecule has 4 aromatic rings. The lowest BCUT2D eigenvalue weighted by atomic mass is 9.89. The lowest BCUT2D eigenvalue weighted by Gasteiger charge is -2.33. The number of aromatic amines is 1. The summed E-state index contributed by atoms with van der Waals surface area (Å²) >= 11 is 0. The number of anilines is 1. The van der Waals surface area contributed by atoms with Crippen molar-refractivity contribution in [2.24, 2.45) is 0 Å². The average Bonchev–Trinajstić information content (AvgIpc) is 3.21. The Hall–Kier alpha value is -3.58. The summed E-state index contributed by atoms with van der Waals surface area (Å²) in [6, 6.07) is 22.5. The molecule has 1 aliphatic heterocycles. The largest absolute Gasteiger partial charge is 0.371 e. The molecule has 0 aliphatic carbocycles. The Balaban J connectivity index is 1.24. The van der Waals surface area contributed by atoms with Crippen molar-refractivity contribution in [1.82, 2.24) is 9.97 Å². The van der Waals surface area contributed by atoms with Crippen LogP contribution in [0.25, 0.3) is 11.0 Å². The molecule has 0 amide bonds. The van der Waals surface area contributed by atoms with Crippen LogP contribution in [0.4, 0.5) is 10.1 Å². The number of pyridine rings is 1. The molecule has 1 fully saturated rings. The van der Waals surface area contributed by atoms with Gasteiger partial charge in [0.15, 0.2) is 0 Å². The molecule has 1 saturated heterocycles. The van der Waals surface area contributed by atoms with Crippen molar-refractivity contribution in [3.63, 3.8) is 0 Å². The van der Waals surface area contributed by atoms with Gasteiger partial charge in [-0.25, -0.2) is 9.37 Å². The first-order valence-electron chi connectivity index (χ1n) is 10.3. The molecule has 3 heterocycles. The van der Waals surface area contributed by atoms with Crippen LogP contribution in [-0.2, 0) is 0 Å². The van der Waals surface area contributed by atoms with Gasteiger partial charge in [0.2, 0.25) is 0 Å². The molecule has 2 aromatic heterocycles. The van der Waals surface area contributed by atoms with Gasteiger partial charge < -0.3 is 9.88 Å². The van der Waals surface area contributed by atoms with Gasteiger partial charge in [-0.15, -0.1) is 0 Å². The summed E-state index contributed by atoms with van der Waals surface area (Å²) in [5.41, 5.74) is 5.06. The van der Waals surface area contributed by atoms with E-state index in [0.717, 1.165) is 29.7 Å². The summed E-state index contributed by atoms with van der Waals surface area (Å²) in [6.45, 7) is 2.18. The first-order valence-corrected chi connectivity index (χ1v) is 10.3. The summed E-state index contributed by atoms with van der Waals surface area (Å²) in [6.07, 6.45) is 3.54. The van der Waals surface area contributed by atoms with Crippen LogP contribution in [0.5, 0.6) is 0 Å². The average molecular weight is 395 g/mol. The van der Waals surface area contributed by atoms with Crippen LogP contribution < -0.4 is 4.90 Å². The third-order valence-electron chi connectivity index (χ3n) is 5.78. The summed E-state index contributed by atoms with van der Waals surface area (Å²) in [5.74, 6) is 6.56. The van der Waals surface area contributed by atoms with Gasteiger partial charge in [-0.05, 0) is 66.6 Å². The van der Waals surface area contributed by atoms with E-state index in [1.54, 1.807) is 0 Å². The van der Waals surface area contributed by atoms with Crippen molar-refractivity contribution in [3.8, 4) is 11.8 Å². The minimum Gasteiger partial charge on any atom is -0.371 e. The monoisotopic (exact) mass is 395 g/mol. The fourth-order valence-electron chi connectivity index (χ4n) is 4.14. The zero-order valence-corrected chi connectivity index (χ0v) is 16.6. The van der Waals surface area contributed by atoms with Crippen molar-refractivity contribution >= 4 is 16.7 Å². The van der Waals surface area contributed by atoms with Crippen LogP contribution in [0.1, 0.15) is 35.6 Å². The van der Waals surface area contributed by atoms with Gasteiger partial charge in [-0.3, -0.25) is 0 Å². The molecule has 0 bridgehead atoms. The van der Waals surface area contributed by atoms with Crippen molar-refractivity contribution < 1.29 is 4.39 Å². The second-order valence-electron chi connectivity index (χ2n) is 7.74. The number of nitrogens with zero attached hydrogens (tertiary/aromatic N) is 2. The smallest absolute Gasteiger partial charge is 0.142 e. The summed E-state index contributed by atoms with van der Waals surface area (Å²) in [5, 5.41) is 0.733. The zero-order valence-electron chi connectivity index (χ0n) is 16.6. The molecule has 1 N–H and O–H groups in total. The number of hydrogen-bond donors (Lipinski definition) is 1. The normalized spacial score (nSPS) is 14.5. The maximum Gasteiger partial charge on any atom is 0.142 e. The topological polar surface area (TPSA) is 31.9 Å². The van der Waals surface area contributed by atoms with E-state index in [4.69, 9.17) is 0 Å². The van der Waals surface area contributed by atoms with Crippen LogP contribution in [0.15, 0.2) is 72.9 Å². The number of H-pyrrole nitrogens is 1. The first kappa shape index (κ1) is 18.4. The van der Waals surface area contributed by atoms with E-state index in [0.29, 0.717) is 11.6 Å². The van der Waals surface area contributed by atoms with E-state index in [-0.39, 0.29) is 5.82 Å². The Morgan fingerprint density at radius 3 is 2.47 bits per heavy atom. The Kier molecular flexibility index (Phi) is 4.94. The first-order chi connectivity index (χ1) is 14.7. The van der Waals surface area contributed by atoms with Crippen LogP contribution in [0.3, 0.4) is 0 Å². The molecule has 5 rings (SSSR count). The van der Waals surface area contributed by atoms with E-state index in [2.05, 4.69) is 81.3 Å². The Morgan fingerprint density at radius 2 is 1.70 bits per heavy atom. The highest BCUT2D eigenvalue weighted by atomic mass is 19.1. The number of halogens is 1. The Bertz CT molecular complexity index is 1210. The Labute approximate surface area is 175 Å². The zero-order chi connectivity index (χ0) is 20.3. The van der Waals surface area contributed by atoms with Crippen LogP contribution in [0, 0.1) is 17.7 Å². The third kappa shape index (κ3) is 3.92. The van der Waals surface area contributed by atoms with Gasteiger partial charge in [-0.2, -0.15) is 0 Å². The van der Waals surface area contributed by atoms with Crippen LogP contribution >= 0.6 is 0 Å².